The first kappa shape index (κ1) is 79.6. The highest BCUT2D eigenvalue weighted by atomic mass is 16.6. The predicted octanol–water partition coefficient (Wildman–Crippen LogP) is 25.0. The quantitative estimate of drug-likeness (QED) is 0.0261. The number of rotatable bonds is 66. The van der Waals surface area contributed by atoms with Crippen LogP contribution in [0.4, 0.5) is 0 Å². The van der Waals surface area contributed by atoms with Crippen molar-refractivity contribution in [3.8, 4) is 0 Å². The minimum Gasteiger partial charge on any atom is -0.462 e. The first-order valence-corrected chi connectivity index (χ1v) is 36.1. The highest BCUT2D eigenvalue weighted by Crippen LogP contribution is 2.17. The molecule has 1 atom stereocenters. The average molecular weight is 1160 g/mol. The van der Waals surface area contributed by atoms with Gasteiger partial charge in [0.25, 0.3) is 0 Å². The number of esters is 3. The van der Waals surface area contributed by atoms with Gasteiger partial charge >= 0.3 is 17.9 Å². The summed E-state index contributed by atoms with van der Waals surface area (Å²) in [5.74, 6) is -0.883. The first-order valence-electron chi connectivity index (χ1n) is 36.1. The van der Waals surface area contributed by atoms with E-state index in [1.165, 1.54) is 218 Å². The second-order valence-electron chi connectivity index (χ2n) is 24.1. The van der Waals surface area contributed by atoms with Gasteiger partial charge in [0.15, 0.2) is 6.10 Å². The minimum absolute atomic E-state index is 0.0813. The van der Waals surface area contributed by atoms with Crippen molar-refractivity contribution in [2.45, 2.75) is 374 Å². The molecular formula is C77H136O6. The SMILES string of the molecule is CC/C=C\C/C=C\C/C=C\CCCCCCCC(=O)OCC(COC(=O)CCCCCCCCCCCCCC/C=C\C/C=C\C/C=C\CCCCCCC)OC(=O)CCCCCCCCCCCCC/C=C\CCCCCCCCCC. The van der Waals surface area contributed by atoms with E-state index < -0.39 is 6.10 Å². The van der Waals surface area contributed by atoms with Crippen LogP contribution in [0.25, 0.3) is 0 Å². The predicted molar refractivity (Wildman–Crippen MR) is 362 cm³/mol. The molecule has 1 unspecified atom stereocenters. The van der Waals surface area contributed by atoms with Crippen molar-refractivity contribution >= 4 is 17.9 Å². The van der Waals surface area contributed by atoms with Gasteiger partial charge in [-0.25, -0.2) is 0 Å². The molecule has 0 saturated heterocycles. The smallest absolute Gasteiger partial charge is 0.306 e. The van der Waals surface area contributed by atoms with Crippen LogP contribution in [-0.2, 0) is 28.6 Å². The van der Waals surface area contributed by atoms with Crippen molar-refractivity contribution in [1.82, 2.24) is 0 Å². The van der Waals surface area contributed by atoms with E-state index in [0.717, 1.165) is 109 Å². The van der Waals surface area contributed by atoms with Crippen molar-refractivity contribution in [2.75, 3.05) is 13.2 Å². The lowest BCUT2D eigenvalue weighted by atomic mass is 10.0. The Morgan fingerprint density at radius 1 is 0.253 bits per heavy atom. The molecule has 6 heteroatoms. The van der Waals surface area contributed by atoms with Gasteiger partial charge in [0.1, 0.15) is 13.2 Å². The van der Waals surface area contributed by atoms with Gasteiger partial charge in [-0.05, 0) is 116 Å². The van der Waals surface area contributed by atoms with Crippen LogP contribution in [0.2, 0.25) is 0 Å². The topological polar surface area (TPSA) is 78.9 Å². The van der Waals surface area contributed by atoms with Gasteiger partial charge < -0.3 is 14.2 Å². The van der Waals surface area contributed by atoms with E-state index in [4.69, 9.17) is 14.2 Å². The Hall–Kier alpha value is -3.41. The van der Waals surface area contributed by atoms with Crippen molar-refractivity contribution < 1.29 is 28.6 Å². The number of unbranched alkanes of at least 4 members (excludes halogenated alkanes) is 41. The van der Waals surface area contributed by atoms with Gasteiger partial charge in [-0.3, -0.25) is 14.4 Å². The lowest BCUT2D eigenvalue weighted by Gasteiger charge is -2.18. The molecule has 83 heavy (non-hydrogen) atoms. The maximum atomic E-state index is 13.0. The molecule has 0 aliphatic carbocycles. The average Bonchev–Trinajstić information content (AvgIpc) is 3.49. The monoisotopic (exact) mass is 1160 g/mol. The van der Waals surface area contributed by atoms with Crippen LogP contribution in [-0.4, -0.2) is 37.2 Å². The molecule has 0 rings (SSSR count). The molecule has 0 aliphatic rings. The van der Waals surface area contributed by atoms with E-state index in [0.29, 0.717) is 19.3 Å². The second-order valence-corrected chi connectivity index (χ2v) is 24.1. The molecule has 6 nitrogen and oxygen atoms in total. The molecule has 0 N–H and O–H groups in total. The third kappa shape index (κ3) is 69.3. The van der Waals surface area contributed by atoms with Crippen molar-refractivity contribution in [3.63, 3.8) is 0 Å². The summed E-state index contributed by atoms with van der Waals surface area (Å²) in [4.78, 5) is 38.5. The fraction of sp³-hybridized carbons (Fsp3) is 0.779. The van der Waals surface area contributed by atoms with Gasteiger partial charge in [-0.15, -0.1) is 0 Å². The molecular weight excluding hydrogens is 1020 g/mol. The van der Waals surface area contributed by atoms with Gasteiger partial charge in [0, 0.05) is 19.3 Å². The number of hydrogen-bond acceptors (Lipinski definition) is 6. The van der Waals surface area contributed by atoms with Crippen LogP contribution < -0.4 is 0 Å². The highest BCUT2D eigenvalue weighted by Gasteiger charge is 2.19. The summed E-state index contributed by atoms with van der Waals surface area (Å²) >= 11 is 0. The van der Waals surface area contributed by atoms with E-state index >= 15 is 0 Å². The van der Waals surface area contributed by atoms with Crippen LogP contribution in [0.15, 0.2) is 85.1 Å². The number of carbonyl (C=O) groups is 3. The summed E-state index contributed by atoms with van der Waals surface area (Å²) in [5, 5.41) is 0. The molecule has 0 aliphatic heterocycles. The third-order valence-corrected chi connectivity index (χ3v) is 15.9. The third-order valence-electron chi connectivity index (χ3n) is 15.9. The second kappa shape index (κ2) is 71.1. The van der Waals surface area contributed by atoms with E-state index in [1.807, 2.05) is 0 Å². The van der Waals surface area contributed by atoms with E-state index in [9.17, 15) is 14.4 Å². The molecule has 0 amide bonds. The molecule has 0 bridgehead atoms. The molecule has 0 radical (unpaired) electrons. The number of allylic oxidation sites excluding steroid dienone is 14. The molecule has 0 fully saturated rings. The fourth-order valence-electron chi connectivity index (χ4n) is 10.5. The van der Waals surface area contributed by atoms with Crippen molar-refractivity contribution in [3.05, 3.63) is 85.1 Å². The Kier molecular flexibility index (Phi) is 68.2. The molecule has 480 valence electrons. The van der Waals surface area contributed by atoms with Crippen molar-refractivity contribution in [1.29, 1.82) is 0 Å². The Morgan fingerprint density at radius 2 is 0.470 bits per heavy atom. The molecule has 0 spiro atoms. The lowest BCUT2D eigenvalue weighted by molar-refractivity contribution is -0.167. The Labute approximate surface area is 515 Å². The number of hydrogen-bond donors (Lipinski definition) is 0. The zero-order valence-corrected chi connectivity index (χ0v) is 55.2. The fourth-order valence-corrected chi connectivity index (χ4v) is 10.5. The molecule has 0 aromatic carbocycles. The number of ether oxygens (including phenoxy) is 3. The maximum Gasteiger partial charge on any atom is 0.306 e. The van der Waals surface area contributed by atoms with Crippen LogP contribution in [0.5, 0.6) is 0 Å². The lowest BCUT2D eigenvalue weighted by Crippen LogP contribution is -2.30. The zero-order valence-electron chi connectivity index (χ0n) is 55.2. The van der Waals surface area contributed by atoms with Crippen LogP contribution in [0.1, 0.15) is 367 Å². The largest absolute Gasteiger partial charge is 0.462 e. The summed E-state index contributed by atoms with van der Waals surface area (Å²) in [6.07, 6.45) is 94.7. The van der Waals surface area contributed by atoms with Gasteiger partial charge in [-0.2, -0.15) is 0 Å². The summed E-state index contributed by atoms with van der Waals surface area (Å²) < 4.78 is 17.0. The Bertz CT molecular complexity index is 1570. The van der Waals surface area contributed by atoms with E-state index in [1.54, 1.807) is 0 Å². The molecule has 0 aromatic heterocycles. The molecule has 0 saturated carbocycles. The standard InChI is InChI=1S/C77H136O6/c1-4-7-10-13-16-19-22-25-28-30-32-34-36-37-38-39-41-42-44-46-49-52-55-58-61-64-67-70-76(79)82-73-74(72-81-75(78)69-66-63-60-57-54-51-48-27-24-21-18-15-12-9-6-3)83-77(80)71-68-65-62-59-56-53-50-47-45-43-40-35-33-31-29-26-23-20-17-14-11-8-5-2/h9,12,18,21-22,25,27,30-33,36-37,48,74H,4-8,10-11,13-17,19-20,23-24,26,28-29,34-35,38-47,49-73H2,1-3H3/b12-9-,21-18-,25-22-,32-30-,33-31-,37-36-,48-27-. The zero-order chi connectivity index (χ0) is 59.9. The number of carbonyl (C=O) groups excluding carboxylic acids is 3. The van der Waals surface area contributed by atoms with Gasteiger partial charge in [-0.1, -0.05) is 318 Å². The van der Waals surface area contributed by atoms with Crippen LogP contribution >= 0.6 is 0 Å². The summed E-state index contributed by atoms with van der Waals surface area (Å²) in [6.45, 7) is 6.55. The first-order chi connectivity index (χ1) is 41.0. The van der Waals surface area contributed by atoms with Crippen LogP contribution in [0, 0.1) is 0 Å². The Morgan fingerprint density at radius 3 is 0.747 bits per heavy atom. The highest BCUT2D eigenvalue weighted by molar-refractivity contribution is 5.71. The van der Waals surface area contributed by atoms with Gasteiger partial charge in [0.05, 0.1) is 0 Å². The normalized spacial score (nSPS) is 12.6. The Balaban J connectivity index is 4.31. The summed E-state index contributed by atoms with van der Waals surface area (Å²) in [7, 11) is 0. The van der Waals surface area contributed by atoms with Gasteiger partial charge in [0.2, 0.25) is 0 Å². The summed E-state index contributed by atoms with van der Waals surface area (Å²) in [6, 6.07) is 0. The molecule has 0 aromatic rings. The van der Waals surface area contributed by atoms with E-state index in [-0.39, 0.29) is 31.1 Å². The minimum atomic E-state index is -0.787. The maximum absolute atomic E-state index is 13.0. The molecule has 0 heterocycles. The van der Waals surface area contributed by atoms with E-state index in [2.05, 4.69) is 106 Å². The van der Waals surface area contributed by atoms with Crippen LogP contribution in [0.3, 0.4) is 0 Å². The summed E-state index contributed by atoms with van der Waals surface area (Å²) in [5.41, 5.74) is 0. The van der Waals surface area contributed by atoms with Crippen molar-refractivity contribution in [2.24, 2.45) is 0 Å².